The maximum absolute atomic E-state index is 11.4. The van der Waals surface area contributed by atoms with Gasteiger partial charge in [0.05, 0.1) is 29.9 Å². The Hall–Kier alpha value is -1.46. The highest BCUT2D eigenvalue weighted by molar-refractivity contribution is 9.10. The molecule has 2 aromatic rings. The van der Waals surface area contributed by atoms with E-state index in [2.05, 4.69) is 26.0 Å². The number of esters is 1. The Morgan fingerprint density at radius 3 is 2.84 bits per heavy atom. The number of ether oxygens (including phenoxy) is 1. The van der Waals surface area contributed by atoms with Gasteiger partial charge in [-0.05, 0) is 46.3 Å². The number of benzene rings is 1. The number of hydrogen-bond acceptors (Lipinski definition) is 4. The Morgan fingerprint density at radius 2 is 2.21 bits per heavy atom. The van der Waals surface area contributed by atoms with Gasteiger partial charge in [-0.15, -0.1) is 0 Å². The zero-order chi connectivity index (χ0) is 13.8. The van der Waals surface area contributed by atoms with E-state index in [0.717, 1.165) is 5.76 Å². The van der Waals surface area contributed by atoms with Gasteiger partial charge in [0.15, 0.2) is 4.67 Å². The van der Waals surface area contributed by atoms with Gasteiger partial charge >= 0.3 is 5.97 Å². The number of methoxy groups -OCH3 is 1. The van der Waals surface area contributed by atoms with Crippen molar-refractivity contribution in [1.29, 1.82) is 0 Å². The lowest BCUT2D eigenvalue weighted by atomic mass is 10.2. The smallest absolute Gasteiger partial charge is 0.337 e. The average molecular weight is 345 g/mol. The third-order valence-corrected chi connectivity index (χ3v) is 3.23. The molecule has 1 heterocycles. The van der Waals surface area contributed by atoms with Gasteiger partial charge in [-0.2, -0.15) is 0 Å². The molecule has 0 radical (unpaired) electrons. The maximum atomic E-state index is 11.4. The lowest BCUT2D eigenvalue weighted by Gasteiger charge is -2.08. The van der Waals surface area contributed by atoms with E-state index in [1.165, 1.54) is 7.11 Å². The first kappa shape index (κ1) is 14.0. The van der Waals surface area contributed by atoms with Crippen molar-refractivity contribution < 1.29 is 13.9 Å². The van der Waals surface area contributed by atoms with Crippen LogP contribution >= 0.6 is 27.5 Å². The van der Waals surface area contributed by atoms with E-state index in [-0.39, 0.29) is 0 Å². The van der Waals surface area contributed by atoms with Crippen LogP contribution in [0.1, 0.15) is 16.1 Å². The van der Waals surface area contributed by atoms with Crippen molar-refractivity contribution in [3.8, 4) is 0 Å². The SMILES string of the molecule is COC(=O)c1ccc(Cl)c(NCc2ccc(Br)o2)c1. The highest BCUT2D eigenvalue weighted by atomic mass is 79.9. The van der Waals surface area contributed by atoms with Gasteiger partial charge in [0, 0.05) is 0 Å². The van der Waals surface area contributed by atoms with Crippen LogP contribution in [0.5, 0.6) is 0 Å². The van der Waals surface area contributed by atoms with Crippen LogP contribution in [-0.4, -0.2) is 13.1 Å². The third-order valence-electron chi connectivity index (χ3n) is 2.47. The maximum Gasteiger partial charge on any atom is 0.337 e. The fourth-order valence-electron chi connectivity index (χ4n) is 1.53. The second-order valence-corrected chi connectivity index (χ2v) is 4.93. The van der Waals surface area contributed by atoms with E-state index in [1.54, 1.807) is 18.2 Å². The largest absolute Gasteiger partial charge is 0.465 e. The molecule has 6 heteroatoms. The Balaban J connectivity index is 2.12. The van der Waals surface area contributed by atoms with Crippen molar-refractivity contribution in [3.05, 3.63) is 51.3 Å². The van der Waals surface area contributed by atoms with E-state index in [0.29, 0.717) is 27.5 Å². The molecule has 0 saturated carbocycles. The van der Waals surface area contributed by atoms with E-state index >= 15 is 0 Å². The minimum absolute atomic E-state index is 0.402. The molecular formula is C13H11BrClNO3. The summed E-state index contributed by atoms with van der Waals surface area (Å²) in [5, 5.41) is 3.63. The van der Waals surface area contributed by atoms with Crippen molar-refractivity contribution in [2.45, 2.75) is 6.54 Å². The third kappa shape index (κ3) is 3.52. The van der Waals surface area contributed by atoms with E-state index in [9.17, 15) is 4.79 Å². The van der Waals surface area contributed by atoms with Crippen LogP contribution in [0.4, 0.5) is 5.69 Å². The molecular weight excluding hydrogens is 334 g/mol. The van der Waals surface area contributed by atoms with Crippen LogP contribution in [0.2, 0.25) is 5.02 Å². The van der Waals surface area contributed by atoms with Gasteiger partial charge in [-0.1, -0.05) is 11.6 Å². The first-order valence-corrected chi connectivity index (χ1v) is 6.63. The average Bonchev–Trinajstić information content (AvgIpc) is 2.82. The van der Waals surface area contributed by atoms with Gasteiger partial charge in [-0.3, -0.25) is 0 Å². The molecule has 0 saturated heterocycles. The summed E-state index contributed by atoms with van der Waals surface area (Å²) >= 11 is 9.29. The molecule has 1 aromatic carbocycles. The second kappa shape index (κ2) is 6.12. The molecule has 0 aliphatic carbocycles. The van der Waals surface area contributed by atoms with Crippen LogP contribution in [0, 0.1) is 0 Å². The standard InChI is InChI=1S/C13H11BrClNO3/c1-18-13(17)8-2-4-10(15)11(6-8)16-7-9-3-5-12(14)19-9/h2-6,16H,7H2,1H3. The molecule has 0 bridgehead atoms. The molecule has 4 nitrogen and oxygen atoms in total. The number of halogens is 2. The molecule has 0 aliphatic rings. The summed E-state index contributed by atoms with van der Waals surface area (Å²) in [5.74, 6) is 0.354. The number of hydrogen-bond donors (Lipinski definition) is 1. The van der Waals surface area contributed by atoms with Crippen LogP contribution < -0.4 is 5.32 Å². The van der Waals surface area contributed by atoms with Crippen molar-refractivity contribution in [2.75, 3.05) is 12.4 Å². The number of nitrogens with one attached hydrogen (secondary N) is 1. The van der Waals surface area contributed by atoms with E-state index in [4.69, 9.17) is 16.0 Å². The van der Waals surface area contributed by atoms with Crippen molar-refractivity contribution in [2.24, 2.45) is 0 Å². The molecule has 100 valence electrons. The topological polar surface area (TPSA) is 51.5 Å². The molecule has 0 spiro atoms. The normalized spacial score (nSPS) is 10.3. The number of rotatable bonds is 4. The Kier molecular flexibility index (Phi) is 4.50. The number of carbonyl (C=O) groups excluding carboxylic acids is 1. The van der Waals surface area contributed by atoms with Crippen LogP contribution in [0.25, 0.3) is 0 Å². The van der Waals surface area contributed by atoms with Gasteiger partial charge in [0.25, 0.3) is 0 Å². The zero-order valence-corrected chi connectivity index (χ0v) is 12.4. The molecule has 19 heavy (non-hydrogen) atoms. The minimum atomic E-state index is -0.402. The van der Waals surface area contributed by atoms with Gasteiger partial charge in [-0.25, -0.2) is 4.79 Å². The first-order chi connectivity index (χ1) is 9.10. The van der Waals surface area contributed by atoms with E-state index in [1.807, 2.05) is 12.1 Å². The molecule has 0 amide bonds. The zero-order valence-electron chi connectivity index (χ0n) is 10.1. The number of anilines is 1. The highest BCUT2D eigenvalue weighted by Crippen LogP contribution is 2.24. The fraction of sp³-hybridized carbons (Fsp3) is 0.154. The summed E-state index contributed by atoms with van der Waals surface area (Å²) in [7, 11) is 1.34. The fourth-order valence-corrected chi connectivity index (χ4v) is 2.06. The second-order valence-electron chi connectivity index (χ2n) is 3.75. The van der Waals surface area contributed by atoms with Gasteiger partial charge in [0.2, 0.25) is 0 Å². The van der Waals surface area contributed by atoms with Crippen LogP contribution in [0.15, 0.2) is 39.4 Å². The summed E-state index contributed by atoms with van der Waals surface area (Å²) < 4.78 is 10.7. The molecule has 0 fully saturated rings. The van der Waals surface area contributed by atoms with Crippen LogP contribution in [0.3, 0.4) is 0 Å². The number of carbonyl (C=O) groups is 1. The summed E-state index contributed by atoms with van der Waals surface area (Å²) in [6.45, 7) is 0.468. The van der Waals surface area contributed by atoms with Crippen molar-refractivity contribution in [1.82, 2.24) is 0 Å². The van der Waals surface area contributed by atoms with Crippen molar-refractivity contribution >= 4 is 39.2 Å². The van der Waals surface area contributed by atoms with Crippen LogP contribution in [-0.2, 0) is 11.3 Å². The van der Waals surface area contributed by atoms with Gasteiger partial charge in [0.1, 0.15) is 5.76 Å². The molecule has 2 rings (SSSR count). The lowest BCUT2D eigenvalue weighted by molar-refractivity contribution is 0.0601. The monoisotopic (exact) mass is 343 g/mol. The predicted octanol–water partition coefficient (Wildman–Crippen LogP) is 4.09. The van der Waals surface area contributed by atoms with E-state index < -0.39 is 5.97 Å². The summed E-state index contributed by atoms with van der Waals surface area (Å²) in [5.41, 5.74) is 1.09. The summed E-state index contributed by atoms with van der Waals surface area (Å²) in [4.78, 5) is 11.4. The minimum Gasteiger partial charge on any atom is -0.465 e. The molecule has 0 aliphatic heterocycles. The Labute approximate surface area is 123 Å². The number of furan rings is 1. The molecule has 0 unspecified atom stereocenters. The quantitative estimate of drug-likeness (QED) is 0.849. The Morgan fingerprint density at radius 1 is 1.42 bits per heavy atom. The van der Waals surface area contributed by atoms with Crippen molar-refractivity contribution in [3.63, 3.8) is 0 Å². The van der Waals surface area contributed by atoms with Gasteiger partial charge < -0.3 is 14.5 Å². The Bertz CT molecular complexity index is 597. The molecule has 1 aromatic heterocycles. The molecule has 0 atom stereocenters. The summed E-state index contributed by atoms with van der Waals surface area (Å²) in [6, 6.07) is 8.56. The molecule has 1 N–H and O–H groups in total. The lowest BCUT2D eigenvalue weighted by Crippen LogP contribution is -2.04. The first-order valence-electron chi connectivity index (χ1n) is 5.46. The predicted molar refractivity (Wildman–Crippen MR) is 76.5 cm³/mol. The highest BCUT2D eigenvalue weighted by Gasteiger charge is 2.09. The summed E-state index contributed by atoms with van der Waals surface area (Å²) in [6.07, 6.45) is 0.